The Hall–Kier alpha value is -1.93. The van der Waals surface area contributed by atoms with Crippen LogP contribution in [0, 0.1) is 6.92 Å². The Bertz CT molecular complexity index is 595. The van der Waals surface area contributed by atoms with Crippen molar-refractivity contribution in [3.8, 4) is 0 Å². The zero-order chi connectivity index (χ0) is 14.6. The van der Waals surface area contributed by atoms with Gasteiger partial charge in [-0.2, -0.15) is 8.42 Å². The first-order chi connectivity index (χ1) is 8.70. The molecule has 0 spiro atoms. The molecule has 1 aromatic carbocycles. The molecule has 0 saturated carbocycles. The van der Waals surface area contributed by atoms with E-state index in [1.807, 2.05) is 0 Å². The zero-order valence-electron chi connectivity index (χ0n) is 10.0. The molecule has 0 bridgehead atoms. The summed E-state index contributed by atoms with van der Waals surface area (Å²) in [6.07, 6.45) is 0. The minimum absolute atomic E-state index is 0.240. The van der Waals surface area contributed by atoms with Gasteiger partial charge >= 0.3 is 5.97 Å². The Morgan fingerprint density at radius 2 is 1.89 bits per heavy atom. The van der Waals surface area contributed by atoms with E-state index in [2.05, 4.69) is 5.32 Å². The number of carboxylic acid groups (broad SMARTS) is 1. The lowest BCUT2D eigenvalue weighted by molar-refractivity contribution is -0.138. The minimum Gasteiger partial charge on any atom is -0.480 e. The van der Waals surface area contributed by atoms with E-state index in [0.717, 1.165) is 0 Å². The maximum atomic E-state index is 11.8. The molecule has 19 heavy (non-hydrogen) atoms. The van der Waals surface area contributed by atoms with Gasteiger partial charge in [-0.3, -0.25) is 9.35 Å². The van der Waals surface area contributed by atoms with Crippen molar-refractivity contribution in [3.05, 3.63) is 35.4 Å². The first-order valence-electron chi connectivity index (χ1n) is 5.25. The van der Waals surface area contributed by atoms with E-state index in [1.54, 1.807) is 25.1 Å². The highest BCUT2D eigenvalue weighted by molar-refractivity contribution is 7.85. The van der Waals surface area contributed by atoms with Crippen molar-refractivity contribution in [2.24, 2.45) is 0 Å². The normalized spacial score (nSPS) is 12.7. The topological polar surface area (TPSA) is 121 Å². The molecule has 8 heteroatoms. The SMILES string of the molecule is Cc1ccccc1C(=O)N[C@@H](CS(=O)(=O)O)C(=O)O. The van der Waals surface area contributed by atoms with Gasteiger partial charge in [-0.1, -0.05) is 18.2 Å². The Kier molecular flexibility index (Phi) is 4.62. The number of carboxylic acids is 1. The van der Waals surface area contributed by atoms with Crippen LogP contribution in [0.2, 0.25) is 0 Å². The van der Waals surface area contributed by atoms with Crippen molar-refractivity contribution in [2.45, 2.75) is 13.0 Å². The molecule has 0 saturated heterocycles. The summed E-state index contributed by atoms with van der Waals surface area (Å²) in [5, 5.41) is 10.9. The second-order valence-corrected chi connectivity index (χ2v) is 5.42. The lowest BCUT2D eigenvalue weighted by Crippen LogP contribution is -2.45. The largest absolute Gasteiger partial charge is 0.480 e. The van der Waals surface area contributed by atoms with Gasteiger partial charge in [-0.05, 0) is 18.6 Å². The summed E-state index contributed by atoms with van der Waals surface area (Å²) in [6, 6.07) is 4.74. The molecule has 1 aromatic rings. The van der Waals surface area contributed by atoms with Gasteiger partial charge < -0.3 is 10.4 Å². The molecule has 1 atom stereocenters. The number of aryl methyl sites for hydroxylation is 1. The summed E-state index contributed by atoms with van der Waals surface area (Å²) in [5.41, 5.74) is 0.861. The van der Waals surface area contributed by atoms with Gasteiger partial charge in [0.25, 0.3) is 16.0 Å². The van der Waals surface area contributed by atoms with Gasteiger partial charge in [0, 0.05) is 5.56 Å². The van der Waals surface area contributed by atoms with Crippen LogP contribution in [0.25, 0.3) is 0 Å². The second-order valence-electron chi connectivity index (χ2n) is 3.93. The molecule has 1 rings (SSSR count). The summed E-state index contributed by atoms with van der Waals surface area (Å²) < 4.78 is 30.0. The molecular weight excluding hydrogens is 274 g/mol. The van der Waals surface area contributed by atoms with Crippen LogP contribution in [0.3, 0.4) is 0 Å². The first kappa shape index (κ1) is 15.1. The Morgan fingerprint density at radius 3 is 2.37 bits per heavy atom. The number of carbonyl (C=O) groups is 2. The maximum absolute atomic E-state index is 11.8. The molecule has 0 aliphatic carbocycles. The number of benzene rings is 1. The monoisotopic (exact) mass is 287 g/mol. The smallest absolute Gasteiger partial charge is 0.327 e. The quantitative estimate of drug-likeness (QED) is 0.659. The molecule has 0 unspecified atom stereocenters. The summed E-state index contributed by atoms with van der Waals surface area (Å²) in [4.78, 5) is 22.7. The van der Waals surface area contributed by atoms with Crippen LogP contribution in [0.1, 0.15) is 15.9 Å². The van der Waals surface area contributed by atoms with Crippen LogP contribution in [0.15, 0.2) is 24.3 Å². The van der Waals surface area contributed by atoms with Crippen LogP contribution < -0.4 is 5.32 Å². The van der Waals surface area contributed by atoms with E-state index in [4.69, 9.17) is 9.66 Å². The van der Waals surface area contributed by atoms with Gasteiger partial charge in [-0.25, -0.2) is 4.79 Å². The van der Waals surface area contributed by atoms with Crippen molar-refractivity contribution in [2.75, 3.05) is 5.75 Å². The maximum Gasteiger partial charge on any atom is 0.327 e. The van der Waals surface area contributed by atoms with E-state index in [9.17, 15) is 18.0 Å². The fraction of sp³-hybridized carbons (Fsp3) is 0.273. The standard InChI is InChI=1S/C11H13NO6S/c1-7-4-2-3-5-8(7)10(13)12-9(11(14)15)6-19(16,17)18/h2-5,9H,6H2,1H3,(H,12,13)(H,14,15)(H,16,17,18)/t9-/m0/s1. The van der Waals surface area contributed by atoms with Crippen LogP contribution in [0.5, 0.6) is 0 Å². The molecule has 3 N–H and O–H groups in total. The van der Waals surface area contributed by atoms with Crippen molar-refractivity contribution >= 4 is 22.0 Å². The number of rotatable bonds is 5. The number of hydrogen-bond donors (Lipinski definition) is 3. The van der Waals surface area contributed by atoms with Crippen LogP contribution >= 0.6 is 0 Å². The van der Waals surface area contributed by atoms with E-state index in [1.165, 1.54) is 6.07 Å². The molecule has 0 radical (unpaired) electrons. The van der Waals surface area contributed by atoms with Gasteiger partial charge in [0.15, 0.2) is 0 Å². The van der Waals surface area contributed by atoms with E-state index in [0.29, 0.717) is 5.56 Å². The molecule has 0 fully saturated rings. The second kappa shape index (κ2) is 5.81. The molecule has 0 heterocycles. The number of amides is 1. The van der Waals surface area contributed by atoms with Gasteiger partial charge in [0.1, 0.15) is 11.8 Å². The molecule has 7 nitrogen and oxygen atoms in total. The average Bonchev–Trinajstić information content (AvgIpc) is 2.26. The molecule has 1 amide bonds. The average molecular weight is 287 g/mol. The van der Waals surface area contributed by atoms with Crippen LogP contribution in [-0.2, 0) is 14.9 Å². The summed E-state index contributed by atoms with van der Waals surface area (Å²) in [5.74, 6) is -3.34. The van der Waals surface area contributed by atoms with Crippen molar-refractivity contribution in [1.82, 2.24) is 5.32 Å². The minimum atomic E-state index is -4.50. The van der Waals surface area contributed by atoms with Gasteiger partial charge in [0.2, 0.25) is 0 Å². The highest BCUT2D eigenvalue weighted by atomic mass is 32.2. The van der Waals surface area contributed by atoms with Gasteiger partial charge in [0.05, 0.1) is 0 Å². The summed E-state index contributed by atoms with van der Waals surface area (Å²) in [6.45, 7) is 1.66. The number of hydrogen-bond acceptors (Lipinski definition) is 4. The first-order valence-corrected chi connectivity index (χ1v) is 6.86. The van der Waals surface area contributed by atoms with Crippen LogP contribution in [0.4, 0.5) is 0 Å². The van der Waals surface area contributed by atoms with Crippen LogP contribution in [-0.4, -0.2) is 41.7 Å². The zero-order valence-corrected chi connectivity index (χ0v) is 10.8. The molecule has 0 aliphatic heterocycles. The predicted octanol–water partition coefficient (Wildman–Crippen LogP) is 0.0658. The summed E-state index contributed by atoms with van der Waals surface area (Å²) in [7, 11) is -4.50. The van der Waals surface area contributed by atoms with Crippen molar-refractivity contribution in [1.29, 1.82) is 0 Å². The highest BCUT2D eigenvalue weighted by Crippen LogP contribution is 2.07. The number of nitrogens with one attached hydrogen (secondary N) is 1. The number of carbonyl (C=O) groups excluding carboxylic acids is 1. The fourth-order valence-electron chi connectivity index (χ4n) is 1.45. The highest BCUT2D eigenvalue weighted by Gasteiger charge is 2.26. The number of aliphatic carboxylic acids is 1. The van der Waals surface area contributed by atoms with E-state index >= 15 is 0 Å². The Balaban J connectivity index is 2.89. The Morgan fingerprint density at radius 1 is 1.32 bits per heavy atom. The third-order valence-corrected chi connectivity index (χ3v) is 3.12. The molecule has 104 valence electrons. The molecular formula is C11H13NO6S. The lowest BCUT2D eigenvalue weighted by atomic mass is 10.1. The lowest BCUT2D eigenvalue weighted by Gasteiger charge is -2.13. The molecule has 0 aliphatic rings. The van der Waals surface area contributed by atoms with E-state index < -0.39 is 33.8 Å². The van der Waals surface area contributed by atoms with Crippen molar-refractivity contribution < 1.29 is 27.7 Å². The predicted molar refractivity (Wildman–Crippen MR) is 66.5 cm³/mol. The fourth-order valence-corrected chi connectivity index (χ4v) is 2.10. The van der Waals surface area contributed by atoms with Crippen molar-refractivity contribution in [3.63, 3.8) is 0 Å². The third-order valence-electron chi connectivity index (χ3n) is 2.37. The molecule has 0 aromatic heterocycles. The van der Waals surface area contributed by atoms with Gasteiger partial charge in [-0.15, -0.1) is 0 Å². The van der Waals surface area contributed by atoms with E-state index in [-0.39, 0.29) is 5.56 Å². The summed E-state index contributed by atoms with van der Waals surface area (Å²) >= 11 is 0. The third kappa shape index (κ3) is 4.68. The Labute approximate surface area is 110 Å².